The molecule has 7 nitrogen and oxygen atoms in total. The number of carbonyl (C=O) groups is 1. The molecular formula is C17H24N6O. The highest BCUT2D eigenvalue weighted by Gasteiger charge is 2.41. The van der Waals surface area contributed by atoms with E-state index < -0.39 is 0 Å². The van der Waals surface area contributed by atoms with Gasteiger partial charge in [-0.05, 0) is 39.3 Å². The molecule has 0 bridgehead atoms. The van der Waals surface area contributed by atoms with Gasteiger partial charge in [-0.25, -0.2) is 15.0 Å². The third-order valence-electron chi connectivity index (χ3n) is 4.67. The van der Waals surface area contributed by atoms with E-state index in [1.165, 1.54) is 0 Å². The Kier molecular flexibility index (Phi) is 4.36. The summed E-state index contributed by atoms with van der Waals surface area (Å²) in [6, 6.07) is 1.75. The average molecular weight is 328 g/mol. The summed E-state index contributed by atoms with van der Waals surface area (Å²) in [6.07, 6.45) is 5.59. The maximum absolute atomic E-state index is 12.3. The Morgan fingerprint density at radius 3 is 2.88 bits per heavy atom. The molecule has 128 valence electrons. The third-order valence-corrected chi connectivity index (χ3v) is 4.67. The Morgan fingerprint density at radius 2 is 2.21 bits per heavy atom. The summed E-state index contributed by atoms with van der Waals surface area (Å²) < 4.78 is 0. The van der Waals surface area contributed by atoms with Crippen molar-refractivity contribution in [2.24, 2.45) is 0 Å². The van der Waals surface area contributed by atoms with Gasteiger partial charge in [0.05, 0.1) is 11.9 Å². The van der Waals surface area contributed by atoms with Crippen LogP contribution in [0, 0.1) is 6.92 Å². The zero-order valence-electron chi connectivity index (χ0n) is 14.7. The normalized spacial score (nSPS) is 21.2. The van der Waals surface area contributed by atoms with Crippen molar-refractivity contribution < 1.29 is 4.79 Å². The van der Waals surface area contributed by atoms with Crippen molar-refractivity contribution in [3.8, 4) is 0 Å². The molecular weight excluding hydrogens is 304 g/mol. The van der Waals surface area contributed by atoms with Crippen LogP contribution in [-0.4, -0.2) is 56.3 Å². The van der Waals surface area contributed by atoms with Crippen molar-refractivity contribution in [1.82, 2.24) is 29.7 Å². The Hall–Kier alpha value is -2.28. The Morgan fingerprint density at radius 1 is 1.42 bits per heavy atom. The molecule has 0 radical (unpaired) electrons. The van der Waals surface area contributed by atoms with Crippen LogP contribution in [0.15, 0.2) is 18.6 Å². The van der Waals surface area contributed by atoms with Crippen molar-refractivity contribution in [3.63, 3.8) is 0 Å². The largest absolute Gasteiger partial charge is 0.347 e. The fourth-order valence-electron chi connectivity index (χ4n) is 3.25. The molecule has 1 aliphatic rings. The molecule has 0 aliphatic carbocycles. The lowest BCUT2D eigenvalue weighted by Gasteiger charge is -2.34. The summed E-state index contributed by atoms with van der Waals surface area (Å²) >= 11 is 0. The minimum absolute atomic E-state index is 0.0940. The zero-order valence-corrected chi connectivity index (χ0v) is 14.7. The van der Waals surface area contributed by atoms with Gasteiger partial charge in [-0.2, -0.15) is 0 Å². The van der Waals surface area contributed by atoms with Gasteiger partial charge in [-0.1, -0.05) is 0 Å². The molecule has 1 atom stereocenters. The molecule has 3 heterocycles. The van der Waals surface area contributed by atoms with E-state index in [9.17, 15) is 4.79 Å². The molecule has 2 aromatic rings. The number of aryl methyl sites for hydroxylation is 1. The fraction of sp³-hybridized carbons (Fsp3) is 0.529. The van der Waals surface area contributed by atoms with Crippen LogP contribution >= 0.6 is 0 Å². The van der Waals surface area contributed by atoms with E-state index in [-0.39, 0.29) is 11.4 Å². The van der Waals surface area contributed by atoms with Crippen molar-refractivity contribution in [2.45, 2.75) is 38.8 Å². The number of H-pyrrole nitrogens is 1. The number of hydrogen-bond donors (Lipinski definition) is 1. The lowest BCUT2D eigenvalue weighted by atomic mass is 9.97. The summed E-state index contributed by atoms with van der Waals surface area (Å²) in [6.45, 7) is 5.82. The van der Waals surface area contributed by atoms with E-state index >= 15 is 0 Å². The highest BCUT2D eigenvalue weighted by Crippen LogP contribution is 2.37. The van der Waals surface area contributed by atoms with E-state index in [0.29, 0.717) is 5.69 Å². The number of hydrogen-bond acceptors (Lipinski definition) is 5. The zero-order chi connectivity index (χ0) is 17.3. The number of aromatic amines is 1. The van der Waals surface area contributed by atoms with Crippen LogP contribution in [0.3, 0.4) is 0 Å². The van der Waals surface area contributed by atoms with Gasteiger partial charge in [0, 0.05) is 38.2 Å². The predicted molar refractivity (Wildman–Crippen MR) is 90.4 cm³/mol. The van der Waals surface area contributed by atoms with E-state index in [4.69, 9.17) is 0 Å². The second-order valence-electron chi connectivity index (χ2n) is 6.79. The van der Waals surface area contributed by atoms with Crippen LogP contribution in [0.1, 0.15) is 47.5 Å². The van der Waals surface area contributed by atoms with Crippen molar-refractivity contribution in [3.05, 3.63) is 41.5 Å². The Labute approximate surface area is 142 Å². The maximum Gasteiger partial charge on any atom is 0.272 e. The van der Waals surface area contributed by atoms with Gasteiger partial charge in [0.15, 0.2) is 0 Å². The molecule has 1 N–H and O–H groups in total. The minimum Gasteiger partial charge on any atom is -0.347 e. The molecule has 24 heavy (non-hydrogen) atoms. The van der Waals surface area contributed by atoms with Crippen LogP contribution in [0.5, 0.6) is 0 Å². The monoisotopic (exact) mass is 328 g/mol. The first-order valence-electron chi connectivity index (χ1n) is 8.20. The molecule has 0 aromatic carbocycles. The summed E-state index contributed by atoms with van der Waals surface area (Å²) in [5, 5.41) is 0. The lowest BCUT2D eigenvalue weighted by molar-refractivity contribution is 0.0818. The summed E-state index contributed by atoms with van der Waals surface area (Å²) in [4.78, 5) is 32.7. The number of nitrogens with one attached hydrogen (secondary N) is 1. The smallest absolute Gasteiger partial charge is 0.272 e. The van der Waals surface area contributed by atoms with Gasteiger partial charge >= 0.3 is 0 Å². The highest BCUT2D eigenvalue weighted by molar-refractivity contribution is 5.92. The topological polar surface area (TPSA) is 78.0 Å². The highest BCUT2D eigenvalue weighted by atomic mass is 16.2. The number of rotatable bonds is 4. The van der Waals surface area contributed by atoms with Gasteiger partial charge in [-0.3, -0.25) is 9.69 Å². The number of likely N-dealkylation sites (tertiary alicyclic amines) is 1. The van der Waals surface area contributed by atoms with E-state index in [2.05, 4.69) is 31.8 Å². The molecule has 1 aliphatic heterocycles. The Balaban J connectivity index is 1.95. The maximum atomic E-state index is 12.3. The standard InChI is InChI=1S/C17H24N6O/c1-12-8-14(15(24)22(3)4)21-16(20-12)17(2)6-5-7-23(17)10-13-9-18-11-19-13/h8-9,11H,5-7,10H2,1-4H3,(H,18,19). The van der Waals surface area contributed by atoms with Crippen LogP contribution in [0.2, 0.25) is 0 Å². The molecule has 0 saturated carbocycles. The summed E-state index contributed by atoms with van der Waals surface area (Å²) in [7, 11) is 3.47. The van der Waals surface area contributed by atoms with Crippen molar-refractivity contribution >= 4 is 5.91 Å². The van der Waals surface area contributed by atoms with Gasteiger partial charge in [-0.15, -0.1) is 0 Å². The number of carbonyl (C=O) groups excluding carboxylic acids is 1. The van der Waals surface area contributed by atoms with Gasteiger partial charge in [0.25, 0.3) is 5.91 Å². The van der Waals surface area contributed by atoms with Crippen molar-refractivity contribution in [1.29, 1.82) is 0 Å². The lowest BCUT2D eigenvalue weighted by Crippen LogP contribution is -2.40. The van der Waals surface area contributed by atoms with Crippen LogP contribution in [-0.2, 0) is 12.1 Å². The molecule has 1 saturated heterocycles. The molecule has 1 unspecified atom stereocenters. The number of aromatic nitrogens is 4. The van der Waals surface area contributed by atoms with Crippen LogP contribution in [0.4, 0.5) is 0 Å². The SMILES string of the molecule is Cc1cc(C(=O)N(C)C)nc(C2(C)CCCN2Cc2cnc[nH]2)n1. The Bertz CT molecular complexity index is 727. The third kappa shape index (κ3) is 3.03. The minimum atomic E-state index is -0.279. The molecule has 1 fully saturated rings. The molecule has 1 amide bonds. The van der Waals surface area contributed by atoms with E-state index in [1.54, 1.807) is 31.4 Å². The molecule has 2 aromatic heterocycles. The van der Waals surface area contributed by atoms with Gasteiger partial charge in [0.2, 0.25) is 0 Å². The van der Waals surface area contributed by atoms with Gasteiger partial charge in [0.1, 0.15) is 11.5 Å². The first kappa shape index (κ1) is 16.6. The molecule has 7 heteroatoms. The molecule has 3 rings (SSSR count). The average Bonchev–Trinajstić information content (AvgIpc) is 3.17. The number of imidazole rings is 1. The fourth-order valence-corrected chi connectivity index (χ4v) is 3.25. The summed E-state index contributed by atoms with van der Waals surface area (Å²) in [5.41, 5.74) is 2.07. The second kappa shape index (κ2) is 6.32. The second-order valence-corrected chi connectivity index (χ2v) is 6.79. The first-order chi connectivity index (χ1) is 11.4. The van der Waals surface area contributed by atoms with Crippen molar-refractivity contribution in [2.75, 3.05) is 20.6 Å². The first-order valence-corrected chi connectivity index (χ1v) is 8.20. The molecule has 0 spiro atoms. The quantitative estimate of drug-likeness (QED) is 0.924. The predicted octanol–water partition coefficient (Wildman–Crippen LogP) is 1.72. The van der Waals surface area contributed by atoms with Gasteiger partial charge < -0.3 is 9.88 Å². The van der Waals surface area contributed by atoms with Crippen LogP contribution < -0.4 is 0 Å². The number of nitrogens with zero attached hydrogens (tertiary/aromatic N) is 5. The van der Waals surface area contributed by atoms with E-state index in [1.807, 2.05) is 13.1 Å². The number of amides is 1. The van der Waals surface area contributed by atoms with E-state index in [0.717, 1.165) is 43.1 Å². The van der Waals surface area contributed by atoms with Crippen LogP contribution in [0.25, 0.3) is 0 Å². The summed E-state index contributed by atoms with van der Waals surface area (Å²) in [5.74, 6) is 0.633.